The van der Waals surface area contributed by atoms with Crippen molar-refractivity contribution in [3.63, 3.8) is 0 Å². The van der Waals surface area contributed by atoms with Crippen LogP contribution in [0.2, 0.25) is 0 Å². The highest BCUT2D eigenvalue weighted by atomic mass is 19.1. The van der Waals surface area contributed by atoms with Crippen LogP contribution in [0.4, 0.5) is 4.39 Å². The Morgan fingerprint density at radius 1 is 1.25 bits per heavy atom. The molecule has 122 valence electrons. The van der Waals surface area contributed by atoms with E-state index in [1.165, 1.54) is 10.7 Å². The molecule has 0 bridgehead atoms. The van der Waals surface area contributed by atoms with E-state index in [1.807, 2.05) is 13.0 Å². The van der Waals surface area contributed by atoms with Crippen LogP contribution in [-0.4, -0.2) is 20.7 Å². The molecule has 1 N–H and O–H groups in total. The molecule has 0 saturated heterocycles. The van der Waals surface area contributed by atoms with E-state index in [-0.39, 0.29) is 24.2 Å². The predicted octanol–water partition coefficient (Wildman–Crippen LogP) is 2.83. The normalized spacial score (nSPS) is 11.9. The molecule has 0 spiro atoms. The average Bonchev–Trinajstić information content (AvgIpc) is 3.06. The Bertz CT molecular complexity index is 832. The van der Waals surface area contributed by atoms with Gasteiger partial charge >= 0.3 is 0 Å². The standard InChI is InChI=1S/C18H17FN4O/c1-13(22-18(24)10-15-6-4-5-9-20-15)14-11-21-23(12-14)17-8-3-2-7-16(17)19/h2-9,11-13H,10H2,1H3,(H,22,24)/t13-/m0/s1. The molecule has 0 unspecified atom stereocenters. The Balaban J connectivity index is 1.67. The van der Waals surface area contributed by atoms with Gasteiger partial charge < -0.3 is 5.32 Å². The Labute approximate surface area is 139 Å². The van der Waals surface area contributed by atoms with E-state index in [4.69, 9.17) is 0 Å². The second kappa shape index (κ2) is 7.04. The van der Waals surface area contributed by atoms with Gasteiger partial charge in [0.25, 0.3) is 0 Å². The topological polar surface area (TPSA) is 59.8 Å². The number of aromatic nitrogens is 3. The number of carbonyl (C=O) groups is 1. The first-order chi connectivity index (χ1) is 11.6. The number of carbonyl (C=O) groups excluding carboxylic acids is 1. The minimum absolute atomic E-state index is 0.125. The smallest absolute Gasteiger partial charge is 0.226 e. The van der Waals surface area contributed by atoms with Gasteiger partial charge in [-0.1, -0.05) is 18.2 Å². The third-order valence-corrected chi connectivity index (χ3v) is 3.65. The van der Waals surface area contributed by atoms with Crippen LogP contribution >= 0.6 is 0 Å². The van der Waals surface area contributed by atoms with Crippen LogP contribution in [0.1, 0.15) is 24.2 Å². The summed E-state index contributed by atoms with van der Waals surface area (Å²) in [5.41, 5.74) is 1.88. The van der Waals surface area contributed by atoms with Gasteiger partial charge in [0.05, 0.1) is 18.7 Å². The first-order valence-corrected chi connectivity index (χ1v) is 7.62. The largest absolute Gasteiger partial charge is 0.349 e. The Hall–Kier alpha value is -3.02. The van der Waals surface area contributed by atoms with E-state index < -0.39 is 0 Å². The fourth-order valence-corrected chi connectivity index (χ4v) is 2.37. The molecule has 0 radical (unpaired) electrons. The van der Waals surface area contributed by atoms with Gasteiger partial charge in [-0.25, -0.2) is 9.07 Å². The summed E-state index contributed by atoms with van der Waals surface area (Å²) in [5, 5.41) is 7.07. The molecule has 0 fully saturated rings. The molecule has 1 atom stereocenters. The summed E-state index contributed by atoms with van der Waals surface area (Å²) in [4.78, 5) is 16.2. The van der Waals surface area contributed by atoms with Gasteiger partial charge in [0.2, 0.25) is 5.91 Å². The molecule has 2 heterocycles. The Morgan fingerprint density at radius 2 is 2.04 bits per heavy atom. The lowest BCUT2D eigenvalue weighted by molar-refractivity contribution is -0.121. The second-order valence-corrected chi connectivity index (χ2v) is 5.46. The number of pyridine rings is 1. The monoisotopic (exact) mass is 324 g/mol. The SMILES string of the molecule is C[C@H](NC(=O)Cc1ccccn1)c1cnn(-c2ccccc2F)c1. The minimum atomic E-state index is -0.348. The van der Waals surface area contributed by atoms with Crippen LogP contribution in [-0.2, 0) is 11.2 Å². The van der Waals surface area contributed by atoms with Gasteiger partial charge in [0, 0.05) is 23.7 Å². The third-order valence-electron chi connectivity index (χ3n) is 3.65. The summed E-state index contributed by atoms with van der Waals surface area (Å²) in [5.74, 6) is -0.473. The molecule has 3 rings (SSSR count). The maximum atomic E-state index is 13.8. The molecule has 3 aromatic rings. The molecule has 5 nitrogen and oxygen atoms in total. The lowest BCUT2D eigenvalue weighted by Gasteiger charge is -2.12. The van der Waals surface area contributed by atoms with Gasteiger partial charge in [-0.3, -0.25) is 9.78 Å². The molecular formula is C18H17FN4O. The van der Waals surface area contributed by atoms with E-state index in [9.17, 15) is 9.18 Å². The van der Waals surface area contributed by atoms with Crippen molar-refractivity contribution in [3.05, 3.63) is 78.1 Å². The van der Waals surface area contributed by atoms with Gasteiger partial charge in [-0.05, 0) is 31.2 Å². The highest BCUT2D eigenvalue weighted by Crippen LogP contribution is 2.16. The van der Waals surface area contributed by atoms with Crippen molar-refractivity contribution < 1.29 is 9.18 Å². The zero-order valence-corrected chi connectivity index (χ0v) is 13.2. The van der Waals surface area contributed by atoms with Gasteiger partial charge in [-0.15, -0.1) is 0 Å². The van der Waals surface area contributed by atoms with Crippen molar-refractivity contribution in [2.75, 3.05) is 0 Å². The highest BCUT2D eigenvalue weighted by molar-refractivity contribution is 5.78. The first-order valence-electron chi connectivity index (χ1n) is 7.62. The highest BCUT2D eigenvalue weighted by Gasteiger charge is 2.13. The molecule has 0 aliphatic heterocycles. The number of nitrogens with one attached hydrogen (secondary N) is 1. The maximum absolute atomic E-state index is 13.8. The Morgan fingerprint density at radius 3 is 2.79 bits per heavy atom. The lowest BCUT2D eigenvalue weighted by atomic mass is 10.2. The Kier molecular flexibility index (Phi) is 4.65. The van der Waals surface area contributed by atoms with Crippen molar-refractivity contribution in [2.45, 2.75) is 19.4 Å². The number of para-hydroxylation sites is 1. The zero-order chi connectivity index (χ0) is 16.9. The van der Waals surface area contributed by atoms with Crippen LogP contribution in [0, 0.1) is 5.82 Å². The zero-order valence-electron chi connectivity index (χ0n) is 13.2. The first kappa shape index (κ1) is 15.9. The van der Waals surface area contributed by atoms with E-state index in [2.05, 4.69) is 15.4 Å². The van der Waals surface area contributed by atoms with Crippen LogP contribution in [0.5, 0.6) is 0 Å². The molecule has 0 saturated carbocycles. The number of benzene rings is 1. The summed E-state index contributed by atoms with van der Waals surface area (Å²) in [6, 6.07) is 11.6. The molecule has 0 aliphatic carbocycles. The maximum Gasteiger partial charge on any atom is 0.226 e. The number of rotatable bonds is 5. The predicted molar refractivity (Wildman–Crippen MR) is 88.0 cm³/mol. The fourth-order valence-electron chi connectivity index (χ4n) is 2.37. The molecule has 2 aromatic heterocycles. The quantitative estimate of drug-likeness (QED) is 0.785. The molecule has 6 heteroatoms. The van der Waals surface area contributed by atoms with Gasteiger partial charge in [-0.2, -0.15) is 5.10 Å². The number of hydrogen-bond acceptors (Lipinski definition) is 3. The molecule has 24 heavy (non-hydrogen) atoms. The van der Waals surface area contributed by atoms with E-state index >= 15 is 0 Å². The summed E-state index contributed by atoms with van der Waals surface area (Å²) < 4.78 is 15.3. The summed E-state index contributed by atoms with van der Waals surface area (Å²) in [6.45, 7) is 1.86. The second-order valence-electron chi connectivity index (χ2n) is 5.46. The summed E-state index contributed by atoms with van der Waals surface area (Å²) in [7, 11) is 0. The third kappa shape index (κ3) is 3.65. The number of hydrogen-bond donors (Lipinski definition) is 1. The van der Waals surface area contributed by atoms with Crippen LogP contribution in [0.3, 0.4) is 0 Å². The number of amides is 1. The number of nitrogens with zero attached hydrogens (tertiary/aromatic N) is 3. The molecule has 1 aromatic carbocycles. The van der Waals surface area contributed by atoms with Crippen molar-refractivity contribution in [1.82, 2.24) is 20.1 Å². The van der Waals surface area contributed by atoms with E-state index in [0.717, 1.165) is 5.56 Å². The van der Waals surface area contributed by atoms with Crippen molar-refractivity contribution in [1.29, 1.82) is 0 Å². The van der Waals surface area contributed by atoms with Crippen LogP contribution < -0.4 is 5.32 Å². The molecule has 0 aliphatic rings. The van der Waals surface area contributed by atoms with Gasteiger partial charge in [0.1, 0.15) is 11.5 Å². The summed E-state index contributed by atoms with van der Waals surface area (Å²) in [6.07, 6.45) is 5.21. The lowest BCUT2D eigenvalue weighted by Crippen LogP contribution is -2.28. The van der Waals surface area contributed by atoms with Crippen molar-refractivity contribution >= 4 is 5.91 Å². The van der Waals surface area contributed by atoms with E-state index in [0.29, 0.717) is 11.4 Å². The summed E-state index contributed by atoms with van der Waals surface area (Å²) >= 11 is 0. The van der Waals surface area contributed by atoms with Crippen LogP contribution in [0.25, 0.3) is 5.69 Å². The minimum Gasteiger partial charge on any atom is -0.349 e. The average molecular weight is 324 g/mol. The molecule has 1 amide bonds. The van der Waals surface area contributed by atoms with E-state index in [1.54, 1.807) is 48.9 Å². The fraction of sp³-hybridized carbons (Fsp3) is 0.167. The van der Waals surface area contributed by atoms with Crippen molar-refractivity contribution in [2.24, 2.45) is 0 Å². The number of halogens is 1. The van der Waals surface area contributed by atoms with Gasteiger partial charge in [0.15, 0.2) is 0 Å². The van der Waals surface area contributed by atoms with Crippen molar-refractivity contribution in [3.8, 4) is 5.69 Å². The molecular weight excluding hydrogens is 307 g/mol. The van der Waals surface area contributed by atoms with Crippen LogP contribution in [0.15, 0.2) is 61.1 Å².